The maximum absolute atomic E-state index is 12.5. The van der Waals surface area contributed by atoms with Gasteiger partial charge in [-0.2, -0.15) is 13.2 Å². The van der Waals surface area contributed by atoms with Crippen LogP contribution in [0.25, 0.3) is 0 Å². The van der Waals surface area contributed by atoms with E-state index >= 15 is 0 Å². The normalized spacial score (nSPS) is 17.2. The summed E-state index contributed by atoms with van der Waals surface area (Å²) in [5, 5.41) is 18.5. The highest BCUT2D eigenvalue weighted by Crippen LogP contribution is 2.41. The highest BCUT2D eigenvalue weighted by Gasteiger charge is 2.40. The van der Waals surface area contributed by atoms with E-state index in [1.54, 1.807) is 7.11 Å². The van der Waals surface area contributed by atoms with Crippen molar-refractivity contribution in [1.29, 1.82) is 0 Å². The number of carboxylic acid groups (broad SMARTS) is 1. The van der Waals surface area contributed by atoms with Gasteiger partial charge in [0, 0.05) is 25.6 Å². The Morgan fingerprint density at radius 2 is 1.75 bits per heavy atom. The predicted molar refractivity (Wildman–Crippen MR) is 125 cm³/mol. The zero-order valence-electron chi connectivity index (χ0n) is 20.6. The third-order valence-corrected chi connectivity index (χ3v) is 6.55. The van der Waals surface area contributed by atoms with Crippen molar-refractivity contribution in [2.75, 3.05) is 20.2 Å². The summed E-state index contributed by atoms with van der Waals surface area (Å²) < 4.78 is 39.1. The Kier molecular flexibility index (Phi) is 8.59. The molecule has 9 nitrogen and oxygen atoms in total. The first-order valence-electron chi connectivity index (χ1n) is 11.8. The zero-order valence-corrected chi connectivity index (χ0v) is 20.6. The highest BCUT2D eigenvalue weighted by molar-refractivity contribution is 5.90. The van der Waals surface area contributed by atoms with Crippen LogP contribution < -0.4 is 10.1 Å². The molecule has 0 radical (unpaired) electrons. The van der Waals surface area contributed by atoms with E-state index < -0.39 is 12.1 Å². The van der Waals surface area contributed by atoms with Crippen LogP contribution in [0.4, 0.5) is 13.2 Å². The second kappa shape index (κ2) is 11.3. The van der Waals surface area contributed by atoms with Crippen LogP contribution in [0.5, 0.6) is 5.75 Å². The first-order valence-corrected chi connectivity index (χ1v) is 11.8. The van der Waals surface area contributed by atoms with Crippen molar-refractivity contribution in [1.82, 2.24) is 25.0 Å². The minimum Gasteiger partial charge on any atom is -0.497 e. The number of hydrogen-bond donors (Lipinski definition) is 2. The number of likely N-dealkylation sites (tertiary alicyclic amines) is 1. The molecule has 4 rings (SSSR count). The molecule has 1 saturated heterocycles. The number of aromatic nitrogens is 3. The molecule has 0 aliphatic carbocycles. The lowest BCUT2D eigenvalue weighted by atomic mass is 9.73. The van der Waals surface area contributed by atoms with E-state index in [0.717, 1.165) is 63.4 Å². The summed E-state index contributed by atoms with van der Waals surface area (Å²) in [4.78, 5) is 23.9. The van der Waals surface area contributed by atoms with Crippen molar-refractivity contribution >= 4 is 11.9 Å². The Bertz CT molecular complexity index is 1050. The molecular formula is C24H32F3N5O4. The summed E-state index contributed by atoms with van der Waals surface area (Å²) >= 11 is 0. The maximum atomic E-state index is 12.5. The van der Waals surface area contributed by atoms with Gasteiger partial charge in [0.25, 0.3) is 5.91 Å². The summed E-state index contributed by atoms with van der Waals surface area (Å²) in [6.07, 6.45) is -0.758. The minimum absolute atomic E-state index is 0.0918. The lowest BCUT2D eigenvalue weighted by Gasteiger charge is -2.44. The second-order valence-corrected chi connectivity index (χ2v) is 9.58. The maximum Gasteiger partial charge on any atom is 0.490 e. The highest BCUT2D eigenvalue weighted by atomic mass is 19.4. The minimum atomic E-state index is -5.08. The number of hydrogen-bond acceptors (Lipinski definition) is 6. The number of piperidine rings is 1. The average molecular weight is 512 g/mol. The van der Waals surface area contributed by atoms with E-state index in [-0.39, 0.29) is 17.4 Å². The van der Waals surface area contributed by atoms with Gasteiger partial charge in [-0.25, -0.2) is 4.79 Å². The monoisotopic (exact) mass is 511 g/mol. The quantitative estimate of drug-likeness (QED) is 0.634. The van der Waals surface area contributed by atoms with Crippen molar-refractivity contribution in [3.8, 4) is 5.75 Å². The fraction of sp³-hybridized carbons (Fsp3) is 0.583. The molecule has 2 aliphatic heterocycles. The van der Waals surface area contributed by atoms with Gasteiger partial charge < -0.3 is 19.7 Å². The zero-order chi connectivity index (χ0) is 26.5. The van der Waals surface area contributed by atoms with Gasteiger partial charge >= 0.3 is 12.1 Å². The number of carbonyl (C=O) groups excluding carboxylic acids is 1. The number of ether oxygens (including phenoxy) is 1. The van der Waals surface area contributed by atoms with Crippen molar-refractivity contribution < 1.29 is 32.6 Å². The van der Waals surface area contributed by atoms with Crippen LogP contribution in [0.3, 0.4) is 0 Å². The van der Waals surface area contributed by atoms with Gasteiger partial charge in [-0.15, -0.1) is 10.2 Å². The van der Waals surface area contributed by atoms with Gasteiger partial charge in [0.1, 0.15) is 11.6 Å². The fourth-order valence-corrected chi connectivity index (χ4v) is 4.56. The molecule has 0 saturated carbocycles. The Morgan fingerprint density at radius 3 is 2.28 bits per heavy atom. The van der Waals surface area contributed by atoms with Crippen LogP contribution in [0.2, 0.25) is 0 Å². The van der Waals surface area contributed by atoms with Crippen molar-refractivity contribution in [3.63, 3.8) is 0 Å². The number of methoxy groups -OCH3 is 1. The van der Waals surface area contributed by atoms with Gasteiger partial charge in [0.2, 0.25) is 5.82 Å². The molecule has 1 fully saturated rings. The summed E-state index contributed by atoms with van der Waals surface area (Å²) in [5.41, 5.74) is 1.57. The van der Waals surface area contributed by atoms with Crippen molar-refractivity contribution in [3.05, 3.63) is 41.5 Å². The molecule has 1 aromatic carbocycles. The predicted octanol–water partition coefficient (Wildman–Crippen LogP) is 3.29. The fourth-order valence-electron chi connectivity index (χ4n) is 4.56. The van der Waals surface area contributed by atoms with E-state index in [9.17, 15) is 18.0 Å². The number of rotatable bonds is 5. The molecule has 2 aliphatic rings. The standard InChI is InChI=1S/C22H31N5O2.C2HF3O2/c1-16(2)23-21(28)20-25-24-19-8-9-22(15-27(19)20)10-12-26(13-11-22)14-17-4-6-18(29-3)7-5-17;3-2(4,5)1(6)7/h4-7,16H,8-15H2,1-3H3,(H,23,28);(H,6,7). The molecular weight excluding hydrogens is 479 g/mol. The van der Waals surface area contributed by atoms with Gasteiger partial charge in [0.15, 0.2) is 0 Å². The van der Waals surface area contributed by atoms with Gasteiger partial charge in [-0.05, 0) is 69.3 Å². The SMILES string of the molecule is COc1ccc(CN2CCC3(CCc4nnc(C(=O)NC(C)C)n4C3)CC2)cc1.O=C(O)C(F)(F)F. The second-order valence-electron chi connectivity index (χ2n) is 9.58. The van der Waals surface area contributed by atoms with Crippen molar-refractivity contribution in [2.24, 2.45) is 5.41 Å². The summed E-state index contributed by atoms with van der Waals surface area (Å²) in [7, 11) is 1.70. The Balaban J connectivity index is 0.000000454. The van der Waals surface area contributed by atoms with Gasteiger partial charge in [-0.1, -0.05) is 12.1 Å². The summed E-state index contributed by atoms with van der Waals surface area (Å²) in [6.45, 7) is 7.91. The average Bonchev–Trinajstić information content (AvgIpc) is 3.23. The Morgan fingerprint density at radius 1 is 1.14 bits per heavy atom. The number of carboxylic acids is 1. The largest absolute Gasteiger partial charge is 0.497 e. The van der Waals surface area contributed by atoms with Gasteiger partial charge in [-0.3, -0.25) is 9.69 Å². The molecule has 0 atom stereocenters. The molecule has 1 aromatic heterocycles. The molecule has 2 aromatic rings. The number of nitrogens with one attached hydrogen (secondary N) is 1. The third-order valence-electron chi connectivity index (χ3n) is 6.55. The Labute approximate surface area is 207 Å². The van der Waals surface area contributed by atoms with E-state index in [4.69, 9.17) is 14.6 Å². The number of fused-ring (bicyclic) bond motifs is 1. The van der Waals surface area contributed by atoms with Crippen LogP contribution >= 0.6 is 0 Å². The Hall–Kier alpha value is -3.15. The number of alkyl halides is 3. The molecule has 1 spiro atoms. The van der Waals surface area contributed by atoms with E-state index in [1.807, 2.05) is 26.0 Å². The van der Waals surface area contributed by atoms with Crippen LogP contribution in [0.1, 0.15) is 55.1 Å². The number of nitrogens with zero attached hydrogens (tertiary/aromatic N) is 4. The smallest absolute Gasteiger partial charge is 0.490 e. The first kappa shape index (κ1) is 27.4. The molecule has 0 unspecified atom stereocenters. The topological polar surface area (TPSA) is 110 Å². The molecule has 12 heteroatoms. The first-order chi connectivity index (χ1) is 16.9. The van der Waals surface area contributed by atoms with Crippen LogP contribution in [0, 0.1) is 5.41 Å². The van der Waals surface area contributed by atoms with E-state index in [0.29, 0.717) is 5.82 Å². The molecule has 2 N–H and O–H groups in total. The molecule has 36 heavy (non-hydrogen) atoms. The van der Waals surface area contributed by atoms with Crippen LogP contribution in [0.15, 0.2) is 24.3 Å². The lowest BCUT2D eigenvalue weighted by molar-refractivity contribution is -0.192. The number of carbonyl (C=O) groups is 2. The van der Waals surface area contributed by atoms with Gasteiger partial charge in [0.05, 0.1) is 7.11 Å². The van der Waals surface area contributed by atoms with E-state index in [2.05, 4.69) is 37.1 Å². The lowest BCUT2D eigenvalue weighted by Crippen LogP contribution is -2.45. The molecule has 198 valence electrons. The summed E-state index contributed by atoms with van der Waals surface area (Å²) in [5.74, 6) is -0.561. The number of amides is 1. The van der Waals surface area contributed by atoms with E-state index in [1.165, 1.54) is 5.56 Å². The number of aliphatic carboxylic acids is 1. The summed E-state index contributed by atoms with van der Waals surface area (Å²) in [6, 6.07) is 8.44. The number of aryl methyl sites for hydroxylation is 1. The third kappa shape index (κ3) is 6.96. The number of benzene rings is 1. The van der Waals surface area contributed by atoms with Crippen LogP contribution in [-0.4, -0.2) is 69.1 Å². The molecule has 0 bridgehead atoms. The van der Waals surface area contributed by atoms with Crippen molar-refractivity contribution in [2.45, 2.75) is 64.8 Å². The molecule has 1 amide bonds. The van der Waals surface area contributed by atoms with Crippen LogP contribution in [-0.2, 0) is 24.3 Å². The number of halogens is 3. The molecule has 3 heterocycles.